The van der Waals surface area contributed by atoms with Gasteiger partial charge in [0.2, 0.25) is 0 Å². The van der Waals surface area contributed by atoms with Crippen LogP contribution in [-0.2, 0) is 0 Å². The van der Waals surface area contributed by atoms with Gasteiger partial charge in [-0.05, 0) is 0 Å². The smallest absolute Gasteiger partial charge is 0.422 e. The van der Waals surface area contributed by atoms with Crippen LogP contribution in [-0.4, -0.2) is 38.5 Å². The lowest BCUT2D eigenvalue weighted by atomic mass is 10.3. The molecular formula is C15H8F5N3O4. The minimum absolute atomic E-state index is 0.259. The Morgan fingerprint density at radius 3 is 2.63 bits per heavy atom. The molecule has 7 nitrogen and oxygen atoms in total. The van der Waals surface area contributed by atoms with Crippen molar-refractivity contribution in [2.75, 3.05) is 6.61 Å². The zero-order chi connectivity index (χ0) is 19.8. The van der Waals surface area contributed by atoms with E-state index in [9.17, 15) is 26.7 Å². The molecule has 27 heavy (non-hydrogen) atoms. The highest BCUT2D eigenvalue weighted by atomic mass is 19.4. The molecule has 0 saturated carbocycles. The van der Waals surface area contributed by atoms with Gasteiger partial charge < -0.3 is 14.6 Å². The number of fused-ring (bicyclic) bond motifs is 1. The van der Waals surface area contributed by atoms with Crippen LogP contribution in [0.4, 0.5) is 22.0 Å². The number of ether oxygens (including phenoxy) is 2. The molecule has 3 rings (SSSR count). The Hall–Kier alpha value is -3.44. The maximum Gasteiger partial charge on any atom is 0.422 e. The topological polar surface area (TPSA) is 86.0 Å². The first kappa shape index (κ1) is 18.4. The fraction of sp³-hybridized carbons (Fsp3) is 0.133. The fourth-order valence-corrected chi connectivity index (χ4v) is 2.04. The van der Waals surface area contributed by atoms with Gasteiger partial charge in [0.25, 0.3) is 5.88 Å². The van der Waals surface area contributed by atoms with Gasteiger partial charge in [-0.15, -0.1) is 0 Å². The third-order valence-electron chi connectivity index (χ3n) is 3.15. The largest absolute Gasteiger partial charge is 0.478 e. The van der Waals surface area contributed by atoms with Crippen molar-refractivity contribution < 1.29 is 41.3 Å². The zero-order valence-electron chi connectivity index (χ0n) is 13.0. The Morgan fingerprint density at radius 2 is 1.96 bits per heavy atom. The van der Waals surface area contributed by atoms with Crippen LogP contribution < -0.4 is 9.47 Å². The van der Waals surface area contributed by atoms with Gasteiger partial charge in [0.1, 0.15) is 11.3 Å². The summed E-state index contributed by atoms with van der Waals surface area (Å²) in [6.07, 6.45) is -2.88. The van der Waals surface area contributed by atoms with E-state index in [1.165, 1.54) is 6.20 Å². The maximum absolute atomic E-state index is 14.5. The Labute approximate surface area is 146 Å². The first-order valence-corrected chi connectivity index (χ1v) is 7.08. The quantitative estimate of drug-likeness (QED) is 0.673. The highest BCUT2D eigenvalue weighted by Crippen LogP contribution is 2.33. The number of halogens is 5. The Balaban J connectivity index is 1.95. The third-order valence-corrected chi connectivity index (χ3v) is 3.15. The minimum atomic E-state index is -4.70. The first-order valence-electron chi connectivity index (χ1n) is 7.08. The average Bonchev–Trinajstić information content (AvgIpc) is 3.02. The van der Waals surface area contributed by atoms with Gasteiger partial charge in [-0.25, -0.2) is 23.1 Å². The maximum atomic E-state index is 14.5. The number of hydrogen-bond donors (Lipinski definition) is 1. The molecule has 3 aromatic rings. The van der Waals surface area contributed by atoms with Gasteiger partial charge in [0, 0.05) is 24.4 Å². The van der Waals surface area contributed by atoms with Crippen LogP contribution in [0.3, 0.4) is 0 Å². The molecule has 0 aromatic carbocycles. The minimum Gasteiger partial charge on any atom is -0.478 e. The van der Waals surface area contributed by atoms with Crippen LogP contribution in [0.2, 0.25) is 0 Å². The van der Waals surface area contributed by atoms with Crippen LogP contribution >= 0.6 is 0 Å². The standard InChI is InChI=1S/C15H8F5N3O4/c16-7-3-11(26-6-15(18,19)20)13(21-5-7)27-10-1-2-23-9(12(10)17)4-8(22-23)14(24)25/h1-5H,6H2,(H,24,25). The summed E-state index contributed by atoms with van der Waals surface area (Å²) in [6.45, 7) is -1.74. The molecule has 0 fully saturated rings. The molecule has 0 radical (unpaired) electrons. The van der Waals surface area contributed by atoms with Crippen molar-refractivity contribution in [2.45, 2.75) is 6.18 Å². The molecule has 12 heteroatoms. The molecular weight excluding hydrogens is 381 g/mol. The van der Waals surface area contributed by atoms with E-state index in [0.29, 0.717) is 12.3 Å². The second kappa shape index (κ2) is 6.70. The van der Waals surface area contributed by atoms with E-state index in [2.05, 4.69) is 14.8 Å². The summed E-state index contributed by atoms with van der Waals surface area (Å²) in [7, 11) is 0. The average molecular weight is 389 g/mol. The summed E-state index contributed by atoms with van der Waals surface area (Å²) >= 11 is 0. The van der Waals surface area contributed by atoms with Crippen molar-refractivity contribution in [3.8, 4) is 17.4 Å². The van der Waals surface area contributed by atoms with Crippen LogP contribution in [0.5, 0.6) is 17.4 Å². The molecule has 0 amide bonds. The predicted octanol–water partition coefficient (Wildman–Crippen LogP) is 3.44. The van der Waals surface area contributed by atoms with E-state index < -0.39 is 53.5 Å². The van der Waals surface area contributed by atoms with Crippen molar-refractivity contribution in [1.82, 2.24) is 14.6 Å². The van der Waals surface area contributed by atoms with Gasteiger partial charge >= 0.3 is 12.1 Å². The van der Waals surface area contributed by atoms with E-state index in [1.54, 1.807) is 0 Å². The van der Waals surface area contributed by atoms with Crippen molar-refractivity contribution in [3.05, 3.63) is 47.9 Å². The van der Waals surface area contributed by atoms with Crippen molar-refractivity contribution in [2.24, 2.45) is 0 Å². The first-order chi connectivity index (χ1) is 12.6. The molecule has 0 atom stereocenters. The molecule has 0 bridgehead atoms. The summed E-state index contributed by atoms with van der Waals surface area (Å²) in [5.74, 6) is -5.23. The number of carboxylic acids is 1. The van der Waals surface area contributed by atoms with E-state index in [4.69, 9.17) is 9.84 Å². The number of pyridine rings is 2. The molecule has 3 heterocycles. The van der Waals surface area contributed by atoms with Crippen molar-refractivity contribution >= 4 is 11.5 Å². The summed E-state index contributed by atoms with van der Waals surface area (Å²) in [5, 5.41) is 12.5. The molecule has 142 valence electrons. The van der Waals surface area contributed by atoms with Gasteiger partial charge in [-0.3, -0.25) is 0 Å². The van der Waals surface area contributed by atoms with E-state index in [-0.39, 0.29) is 5.52 Å². The summed E-state index contributed by atoms with van der Waals surface area (Å²) in [6, 6.07) is 2.58. The lowest BCUT2D eigenvalue weighted by molar-refractivity contribution is -0.153. The van der Waals surface area contributed by atoms with Crippen molar-refractivity contribution in [3.63, 3.8) is 0 Å². The van der Waals surface area contributed by atoms with Crippen LogP contribution in [0.15, 0.2) is 30.6 Å². The van der Waals surface area contributed by atoms with Crippen molar-refractivity contribution in [1.29, 1.82) is 0 Å². The normalized spacial score (nSPS) is 11.6. The number of hydrogen-bond acceptors (Lipinski definition) is 5. The van der Waals surface area contributed by atoms with Gasteiger partial charge in [-0.2, -0.15) is 18.3 Å². The van der Waals surface area contributed by atoms with Crippen LogP contribution in [0, 0.1) is 11.6 Å². The van der Waals surface area contributed by atoms with Crippen LogP contribution in [0.25, 0.3) is 5.52 Å². The second-order valence-corrected chi connectivity index (χ2v) is 5.12. The predicted molar refractivity (Wildman–Crippen MR) is 77.9 cm³/mol. The Kier molecular flexibility index (Phi) is 4.56. The second-order valence-electron chi connectivity index (χ2n) is 5.12. The van der Waals surface area contributed by atoms with E-state index in [1.807, 2.05) is 0 Å². The number of alkyl halides is 3. The fourth-order valence-electron chi connectivity index (χ4n) is 2.04. The molecule has 0 aliphatic heterocycles. The summed E-state index contributed by atoms with van der Waals surface area (Å²) in [5.41, 5.74) is -0.690. The number of rotatable bonds is 5. The zero-order valence-corrected chi connectivity index (χ0v) is 13.0. The number of aromatic nitrogens is 3. The Morgan fingerprint density at radius 1 is 1.22 bits per heavy atom. The number of nitrogens with zero attached hydrogens (tertiary/aromatic N) is 3. The highest BCUT2D eigenvalue weighted by Gasteiger charge is 2.29. The number of carboxylic acid groups (broad SMARTS) is 1. The summed E-state index contributed by atoms with van der Waals surface area (Å²) in [4.78, 5) is 14.4. The Bertz CT molecular complexity index is 1020. The lowest BCUT2D eigenvalue weighted by Gasteiger charge is -2.13. The van der Waals surface area contributed by atoms with Gasteiger partial charge in [-0.1, -0.05) is 0 Å². The molecule has 0 saturated heterocycles. The third kappa shape index (κ3) is 4.04. The monoisotopic (exact) mass is 389 g/mol. The SMILES string of the molecule is O=C(O)c1cc2c(F)c(Oc3ncc(F)cc3OCC(F)(F)F)ccn2n1. The molecule has 0 spiro atoms. The lowest BCUT2D eigenvalue weighted by Crippen LogP contribution is -2.19. The number of aromatic carboxylic acids is 1. The van der Waals surface area contributed by atoms with E-state index in [0.717, 1.165) is 16.6 Å². The molecule has 0 unspecified atom stereocenters. The van der Waals surface area contributed by atoms with E-state index >= 15 is 0 Å². The van der Waals surface area contributed by atoms with Gasteiger partial charge in [0.05, 0.1) is 6.20 Å². The molecule has 0 aliphatic carbocycles. The summed E-state index contributed by atoms with van der Waals surface area (Å²) < 4.78 is 75.2. The highest BCUT2D eigenvalue weighted by molar-refractivity contribution is 5.87. The van der Waals surface area contributed by atoms with Crippen LogP contribution in [0.1, 0.15) is 10.5 Å². The molecule has 1 N–H and O–H groups in total. The van der Waals surface area contributed by atoms with Gasteiger partial charge in [0.15, 0.2) is 29.6 Å². The number of carbonyl (C=O) groups is 1. The molecule has 0 aliphatic rings. The molecule has 3 aromatic heterocycles.